The lowest BCUT2D eigenvalue weighted by Crippen LogP contribution is -1.98. The van der Waals surface area contributed by atoms with Gasteiger partial charge in [0.25, 0.3) is 0 Å². The Morgan fingerprint density at radius 1 is 0.875 bits per heavy atom. The number of anilines is 2. The number of nitrogens with one attached hydrogen (secondary N) is 1. The van der Waals surface area contributed by atoms with Gasteiger partial charge in [0.15, 0.2) is 23.0 Å². The quantitative estimate of drug-likeness (QED) is 0.744. The fraction of sp³-hybridized carbons (Fsp3) is 0.176. The molecular weight excluding hydrogens is 310 g/mol. The average Bonchev–Trinajstić information content (AvgIpc) is 2.61. The zero-order valence-corrected chi connectivity index (χ0v) is 13.5. The minimum Gasteiger partial charge on any atom is -0.504 e. The van der Waals surface area contributed by atoms with Crippen LogP contribution < -0.4 is 19.5 Å². The molecule has 24 heavy (non-hydrogen) atoms. The Bertz CT molecular complexity index is 883. The minimum atomic E-state index is 0.0418. The zero-order valence-electron chi connectivity index (χ0n) is 13.5. The first kappa shape index (κ1) is 15.7. The number of methoxy groups -OCH3 is 3. The Hall–Kier alpha value is -3.22. The second-order valence-corrected chi connectivity index (χ2v) is 4.96. The van der Waals surface area contributed by atoms with Crippen LogP contribution in [0, 0.1) is 0 Å². The van der Waals surface area contributed by atoms with Gasteiger partial charge in [-0.1, -0.05) is 0 Å². The van der Waals surface area contributed by atoms with E-state index < -0.39 is 0 Å². The lowest BCUT2D eigenvalue weighted by Gasteiger charge is -2.12. The fourth-order valence-corrected chi connectivity index (χ4v) is 2.39. The molecule has 7 heteroatoms. The first-order valence-corrected chi connectivity index (χ1v) is 7.17. The van der Waals surface area contributed by atoms with Crippen LogP contribution in [0.25, 0.3) is 10.9 Å². The third kappa shape index (κ3) is 2.83. The van der Waals surface area contributed by atoms with Crippen molar-refractivity contribution in [2.24, 2.45) is 0 Å². The third-order valence-electron chi connectivity index (χ3n) is 3.58. The van der Waals surface area contributed by atoms with E-state index in [1.54, 1.807) is 44.6 Å². The van der Waals surface area contributed by atoms with Gasteiger partial charge >= 0.3 is 0 Å². The summed E-state index contributed by atoms with van der Waals surface area (Å²) < 4.78 is 15.7. The summed E-state index contributed by atoms with van der Waals surface area (Å²) >= 11 is 0. The lowest BCUT2D eigenvalue weighted by atomic mass is 10.2. The van der Waals surface area contributed by atoms with Gasteiger partial charge in [-0.25, -0.2) is 9.97 Å². The van der Waals surface area contributed by atoms with E-state index >= 15 is 0 Å². The number of phenolic OH excluding ortho intramolecular Hbond substituents is 1. The monoisotopic (exact) mass is 327 g/mol. The van der Waals surface area contributed by atoms with Gasteiger partial charge < -0.3 is 24.6 Å². The van der Waals surface area contributed by atoms with E-state index in [1.165, 1.54) is 13.4 Å². The largest absolute Gasteiger partial charge is 0.504 e. The molecule has 0 atom stereocenters. The predicted molar refractivity (Wildman–Crippen MR) is 90.6 cm³/mol. The minimum absolute atomic E-state index is 0.0418. The highest BCUT2D eigenvalue weighted by Gasteiger charge is 2.11. The van der Waals surface area contributed by atoms with E-state index in [0.717, 1.165) is 5.39 Å². The molecule has 2 aromatic carbocycles. The van der Waals surface area contributed by atoms with Gasteiger partial charge in [0, 0.05) is 23.2 Å². The van der Waals surface area contributed by atoms with Gasteiger partial charge in [-0.3, -0.25) is 0 Å². The van der Waals surface area contributed by atoms with E-state index in [0.29, 0.717) is 34.3 Å². The maximum absolute atomic E-state index is 9.90. The van der Waals surface area contributed by atoms with E-state index in [-0.39, 0.29) is 5.75 Å². The van der Waals surface area contributed by atoms with Crippen molar-refractivity contribution in [2.45, 2.75) is 0 Å². The van der Waals surface area contributed by atoms with Crippen LogP contribution in [0.15, 0.2) is 36.7 Å². The second-order valence-electron chi connectivity index (χ2n) is 4.96. The number of hydrogen-bond acceptors (Lipinski definition) is 7. The number of nitrogens with zero attached hydrogens (tertiary/aromatic N) is 2. The lowest BCUT2D eigenvalue weighted by molar-refractivity contribution is 0.356. The molecule has 124 valence electrons. The topological polar surface area (TPSA) is 85.7 Å². The number of benzene rings is 2. The maximum Gasteiger partial charge on any atom is 0.162 e. The first-order chi connectivity index (χ1) is 11.7. The molecule has 0 aliphatic heterocycles. The van der Waals surface area contributed by atoms with Crippen molar-refractivity contribution in [3.05, 3.63) is 36.7 Å². The van der Waals surface area contributed by atoms with Crippen molar-refractivity contribution < 1.29 is 19.3 Å². The van der Waals surface area contributed by atoms with Gasteiger partial charge in [0.2, 0.25) is 0 Å². The first-order valence-electron chi connectivity index (χ1n) is 7.17. The highest BCUT2D eigenvalue weighted by molar-refractivity contribution is 5.93. The van der Waals surface area contributed by atoms with Crippen molar-refractivity contribution in [3.63, 3.8) is 0 Å². The van der Waals surface area contributed by atoms with Gasteiger partial charge in [0.1, 0.15) is 12.1 Å². The molecule has 3 aromatic rings. The van der Waals surface area contributed by atoms with Crippen LogP contribution in [0.1, 0.15) is 0 Å². The molecule has 0 aliphatic rings. The maximum atomic E-state index is 9.90. The van der Waals surface area contributed by atoms with Crippen LogP contribution in [0.5, 0.6) is 23.0 Å². The standard InChI is InChI=1S/C17H17N3O4/c1-22-14-5-4-10(6-13(14)21)20-17-11-7-15(23-2)16(24-3)8-12(11)18-9-19-17/h4-9,21H,1-3H3,(H,18,19,20). The summed E-state index contributed by atoms with van der Waals surface area (Å²) in [5.41, 5.74) is 1.38. The van der Waals surface area contributed by atoms with Crippen molar-refractivity contribution in [3.8, 4) is 23.0 Å². The van der Waals surface area contributed by atoms with E-state index in [2.05, 4.69) is 15.3 Å². The van der Waals surface area contributed by atoms with Crippen molar-refractivity contribution in [1.82, 2.24) is 9.97 Å². The molecule has 1 aromatic heterocycles. The Morgan fingerprint density at radius 3 is 2.25 bits per heavy atom. The van der Waals surface area contributed by atoms with Gasteiger partial charge in [0.05, 0.1) is 26.8 Å². The number of aromatic nitrogens is 2. The van der Waals surface area contributed by atoms with Gasteiger partial charge in [-0.2, -0.15) is 0 Å². The van der Waals surface area contributed by atoms with Crippen LogP contribution >= 0.6 is 0 Å². The molecule has 0 fully saturated rings. The number of ether oxygens (including phenoxy) is 3. The Labute approximate surface area is 138 Å². The molecule has 0 unspecified atom stereocenters. The van der Waals surface area contributed by atoms with Gasteiger partial charge in [-0.15, -0.1) is 0 Å². The molecule has 0 saturated carbocycles. The number of phenols is 1. The summed E-state index contributed by atoms with van der Waals surface area (Å²) in [6.07, 6.45) is 1.46. The summed E-state index contributed by atoms with van der Waals surface area (Å²) in [5.74, 6) is 2.21. The SMILES string of the molecule is COc1ccc(Nc2ncnc3cc(OC)c(OC)cc23)cc1O. The molecule has 0 radical (unpaired) electrons. The van der Waals surface area contributed by atoms with E-state index in [9.17, 15) is 5.11 Å². The molecule has 0 saturated heterocycles. The summed E-state index contributed by atoms with van der Waals surface area (Å²) in [5, 5.41) is 13.8. The van der Waals surface area contributed by atoms with Crippen LogP contribution in [-0.2, 0) is 0 Å². The predicted octanol–water partition coefficient (Wildman–Crippen LogP) is 3.10. The molecule has 3 rings (SSSR count). The zero-order chi connectivity index (χ0) is 17.1. The summed E-state index contributed by atoms with van der Waals surface area (Å²) in [7, 11) is 4.64. The van der Waals surface area contributed by atoms with Crippen LogP contribution in [0.2, 0.25) is 0 Å². The molecule has 0 spiro atoms. The molecular formula is C17H17N3O4. The van der Waals surface area contributed by atoms with E-state index in [4.69, 9.17) is 14.2 Å². The smallest absolute Gasteiger partial charge is 0.162 e. The molecule has 7 nitrogen and oxygen atoms in total. The molecule has 1 heterocycles. The highest BCUT2D eigenvalue weighted by atomic mass is 16.5. The highest BCUT2D eigenvalue weighted by Crippen LogP contribution is 2.35. The summed E-state index contributed by atoms with van der Waals surface area (Å²) in [6, 6.07) is 8.61. The molecule has 0 aliphatic carbocycles. The second kappa shape index (κ2) is 6.49. The van der Waals surface area contributed by atoms with Crippen molar-refractivity contribution >= 4 is 22.4 Å². The number of aromatic hydroxyl groups is 1. The third-order valence-corrected chi connectivity index (χ3v) is 3.58. The van der Waals surface area contributed by atoms with Gasteiger partial charge in [-0.05, 0) is 18.2 Å². The average molecular weight is 327 g/mol. The number of fused-ring (bicyclic) bond motifs is 1. The van der Waals surface area contributed by atoms with Crippen LogP contribution in [0.3, 0.4) is 0 Å². The Kier molecular flexibility index (Phi) is 4.24. The van der Waals surface area contributed by atoms with Crippen LogP contribution in [0.4, 0.5) is 11.5 Å². The number of hydrogen-bond donors (Lipinski definition) is 2. The summed E-state index contributed by atoms with van der Waals surface area (Å²) in [6.45, 7) is 0. The number of rotatable bonds is 5. The van der Waals surface area contributed by atoms with Crippen molar-refractivity contribution in [1.29, 1.82) is 0 Å². The van der Waals surface area contributed by atoms with Crippen LogP contribution in [-0.4, -0.2) is 36.4 Å². The van der Waals surface area contributed by atoms with E-state index in [1.807, 2.05) is 0 Å². The molecule has 2 N–H and O–H groups in total. The molecule has 0 amide bonds. The van der Waals surface area contributed by atoms with Crippen molar-refractivity contribution in [2.75, 3.05) is 26.6 Å². The fourth-order valence-electron chi connectivity index (χ4n) is 2.39. The normalized spacial score (nSPS) is 10.5. The summed E-state index contributed by atoms with van der Waals surface area (Å²) in [4.78, 5) is 8.53. The Morgan fingerprint density at radius 2 is 1.58 bits per heavy atom. The Balaban J connectivity index is 2.04. The molecule has 0 bridgehead atoms.